The van der Waals surface area contributed by atoms with Crippen molar-refractivity contribution in [3.8, 4) is 0 Å². The molecule has 1 aliphatic heterocycles. The largest absolute Gasteiger partial charge is 0.300 e. The SMILES string of the molecule is PCCN1CCN(CCP)CCN(CCP)CCN(CCP)CC1. The predicted octanol–water partition coefficient (Wildman–Crippen LogP) is 0.708. The summed E-state index contributed by atoms with van der Waals surface area (Å²) in [4.78, 5) is 10.6. The smallest absolute Gasteiger partial charge is 0.0110 e. The van der Waals surface area contributed by atoms with Crippen molar-refractivity contribution in [3.63, 3.8) is 0 Å². The van der Waals surface area contributed by atoms with E-state index in [0.29, 0.717) is 0 Å². The van der Waals surface area contributed by atoms with Gasteiger partial charge in [0.05, 0.1) is 0 Å². The normalized spacial score (nSPS) is 21.5. The van der Waals surface area contributed by atoms with Crippen LogP contribution in [0.4, 0.5) is 0 Å². The molecule has 4 atom stereocenters. The van der Waals surface area contributed by atoms with Gasteiger partial charge in [-0.3, -0.25) is 0 Å². The van der Waals surface area contributed by atoms with E-state index in [4.69, 9.17) is 0 Å². The molecule has 0 aromatic rings. The average molecular weight is 412 g/mol. The molecule has 144 valence electrons. The second-order valence-corrected chi connectivity index (χ2v) is 8.83. The van der Waals surface area contributed by atoms with Gasteiger partial charge in [0.25, 0.3) is 0 Å². The Morgan fingerprint density at radius 2 is 0.542 bits per heavy atom. The number of rotatable bonds is 8. The van der Waals surface area contributed by atoms with Gasteiger partial charge >= 0.3 is 0 Å². The Labute approximate surface area is 160 Å². The lowest BCUT2D eigenvalue weighted by Crippen LogP contribution is -2.47. The van der Waals surface area contributed by atoms with Gasteiger partial charge in [0.1, 0.15) is 0 Å². The van der Waals surface area contributed by atoms with Gasteiger partial charge in [-0.25, -0.2) is 0 Å². The molecular formula is C16H40N4P4. The van der Waals surface area contributed by atoms with Crippen LogP contribution in [0, 0.1) is 0 Å². The third kappa shape index (κ3) is 10.6. The van der Waals surface area contributed by atoms with E-state index in [1.165, 1.54) is 103 Å². The first-order valence-electron chi connectivity index (χ1n) is 9.43. The molecular weight excluding hydrogens is 372 g/mol. The molecule has 1 rings (SSSR count). The first-order valence-corrected chi connectivity index (χ1v) is 12.7. The maximum absolute atomic E-state index is 2.89. The predicted molar refractivity (Wildman–Crippen MR) is 124 cm³/mol. The zero-order valence-electron chi connectivity index (χ0n) is 15.4. The molecule has 4 unspecified atom stereocenters. The van der Waals surface area contributed by atoms with Crippen molar-refractivity contribution in [3.05, 3.63) is 0 Å². The van der Waals surface area contributed by atoms with Crippen molar-refractivity contribution in [2.45, 2.75) is 0 Å². The first-order chi connectivity index (χ1) is 11.7. The fraction of sp³-hybridized carbons (Fsp3) is 1.00. The summed E-state index contributed by atoms with van der Waals surface area (Å²) in [6, 6.07) is 0. The van der Waals surface area contributed by atoms with Gasteiger partial charge in [-0.2, -0.15) is 0 Å². The first kappa shape index (κ1) is 23.6. The summed E-state index contributed by atoms with van der Waals surface area (Å²) >= 11 is 0. The summed E-state index contributed by atoms with van der Waals surface area (Å²) in [5.74, 6) is 0. The minimum atomic E-state index is 1.18. The molecule has 1 fully saturated rings. The van der Waals surface area contributed by atoms with Crippen LogP contribution in [0.1, 0.15) is 0 Å². The van der Waals surface area contributed by atoms with E-state index in [2.05, 4.69) is 56.6 Å². The Morgan fingerprint density at radius 3 is 0.667 bits per heavy atom. The van der Waals surface area contributed by atoms with Crippen molar-refractivity contribution in [2.24, 2.45) is 0 Å². The Kier molecular flexibility index (Phi) is 15.3. The minimum Gasteiger partial charge on any atom is -0.300 e. The quantitative estimate of drug-likeness (QED) is 0.545. The fourth-order valence-electron chi connectivity index (χ4n) is 3.20. The maximum Gasteiger partial charge on any atom is 0.0110 e. The molecule has 0 aromatic heterocycles. The van der Waals surface area contributed by atoms with Crippen LogP contribution >= 0.6 is 37.0 Å². The van der Waals surface area contributed by atoms with Gasteiger partial charge in [-0.15, -0.1) is 37.0 Å². The summed E-state index contributed by atoms with van der Waals surface area (Å²) in [5.41, 5.74) is 0. The Hall–Kier alpha value is 1.56. The second-order valence-electron chi connectivity index (χ2n) is 6.52. The van der Waals surface area contributed by atoms with Crippen LogP contribution in [-0.4, -0.2) is 123 Å². The van der Waals surface area contributed by atoms with Crippen LogP contribution in [0.5, 0.6) is 0 Å². The third-order valence-electron chi connectivity index (χ3n) is 4.71. The number of nitrogens with zero attached hydrogens (tertiary/aromatic N) is 4. The zero-order valence-corrected chi connectivity index (χ0v) is 20.0. The second kappa shape index (κ2) is 15.6. The van der Waals surface area contributed by atoms with Crippen LogP contribution in [-0.2, 0) is 0 Å². The van der Waals surface area contributed by atoms with Gasteiger partial charge < -0.3 is 19.6 Å². The third-order valence-corrected chi connectivity index (χ3v) is 5.74. The summed E-state index contributed by atoms with van der Waals surface area (Å²) in [6.45, 7) is 14.5. The molecule has 0 saturated carbocycles. The Bertz CT molecular complexity index is 227. The van der Waals surface area contributed by atoms with E-state index < -0.39 is 0 Å². The zero-order chi connectivity index (χ0) is 17.6. The monoisotopic (exact) mass is 412 g/mol. The van der Waals surface area contributed by atoms with Crippen LogP contribution in [0.3, 0.4) is 0 Å². The van der Waals surface area contributed by atoms with Gasteiger partial charge in [-0.05, 0) is 24.6 Å². The average Bonchev–Trinajstić information content (AvgIpc) is 2.57. The van der Waals surface area contributed by atoms with E-state index >= 15 is 0 Å². The van der Waals surface area contributed by atoms with Gasteiger partial charge in [0, 0.05) is 78.5 Å². The van der Waals surface area contributed by atoms with E-state index in [9.17, 15) is 0 Å². The van der Waals surface area contributed by atoms with Crippen molar-refractivity contribution < 1.29 is 0 Å². The molecule has 24 heavy (non-hydrogen) atoms. The standard InChI is InChI=1S/C16H40N4P4/c21-13-9-17-1-2-18(10-14-22)5-6-20(12-16-24)8-7-19(4-3-17)11-15-23/h1-16,21-24H2. The van der Waals surface area contributed by atoms with Crippen molar-refractivity contribution in [2.75, 3.05) is 103 Å². The van der Waals surface area contributed by atoms with E-state index in [0.717, 1.165) is 0 Å². The summed E-state index contributed by atoms with van der Waals surface area (Å²) in [6.07, 6.45) is 4.70. The molecule has 0 spiro atoms. The summed E-state index contributed by atoms with van der Waals surface area (Å²) in [7, 11) is 11.6. The van der Waals surface area contributed by atoms with Gasteiger partial charge in [0.2, 0.25) is 0 Å². The summed E-state index contributed by atoms with van der Waals surface area (Å²) < 4.78 is 0. The molecule has 0 amide bonds. The lowest BCUT2D eigenvalue weighted by Gasteiger charge is -2.34. The maximum atomic E-state index is 2.89. The molecule has 0 aromatic carbocycles. The van der Waals surface area contributed by atoms with Crippen molar-refractivity contribution in [1.29, 1.82) is 0 Å². The van der Waals surface area contributed by atoms with E-state index in [1.54, 1.807) is 0 Å². The molecule has 0 radical (unpaired) electrons. The Morgan fingerprint density at radius 1 is 0.375 bits per heavy atom. The highest BCUT2D eigenvalue weighted by molar-refractivity contribution is 7.16. The van der Waals surface area contributed by atoms with Crippen LogP contribution < -0.4 is 0 Å². The fourth-order valence-corrected chi connectivity index (χ4v) is 4.66. The number of hydrogen-bond acceptors (Lipinski definition) is 4. The molecule has 0 aliphatic carbocycles. The van der Waals surface area contributed by atoms with E-state index in [-0.39, 0.29) is 0 Å². The molecule has 4 nitrogen and oxygen atoms in total. The summed E-state index contributed by atoms with van der Waals surface area (Å²) in [5, 5.41) is 0. The van der Waals surface area contributed by atoms with Crippen molar-refractivity contribution >= 4 is 37.0 Å². The Balaban J connectivity index is 2.68. The van der Waals surface area contributed by atoms with Crippen LogP contribution in [0.15, 0.2) is 0 Å². The molecule has 8 heteroatoms. The van der Waals surface area contributed by atoms with Gasteiger partial charge in [-0.1, -0.05) is 0 Å². The highest BCUT2D eigenvalue weighted by atomic mass is 31.0. The molecule has 1 saturated heterocycles. The highest BCUT2D eigenvalue weighted by Crippen LogP contribution is 2.03. The molecule has 0 N–H and O–H groups in total. The molecule has 1 heterocycles. The van der Waals surface area contributed by atoms with Crippen LogP contribution in [0.25, 0.3) is 0 Å². The topological polar surface area (TPSA) is 13.0 Å². The van der Waals surface area contributed by atoms with Crippen LogP contribution in [0.2, 0.25) is 0 Å². The number of hydrogen-bond donors (Lipinski definition) is 0. The van der Waals surface area contributed by atoms with E-state index in [1.807, 2.05) is 0 Å². The van der Waals surface area contributed by atoms with Crippen molar-refractivity contribution in [1.82, 2.24) is 19.6 Å². The van der Waals surface area contributed by atoms with Gasteiger partial charge in [0.15, 0.2) is 0 Å². The lowest BCUT2D eigenvalue weighted by molar-refractivity contribution is 0.144. The lowest BCUT2D eigenvalue weighted by atomic mass is 10.3. The highest BCUT2D eigenvalue weighted by Gasteiger charge is 2.15. The molecule has 1 aliphatic rings. The minimum absolute atomic E-state index is 1.18. The molecule has 0 bridgehead atoms.